The lowest BCUT2D eigenvalue weighted by Gasteiger charge is -2.10. The molecular weight excluding hydrogens is 434 g/mol. The first kappa shape index (κ1) is 19.6. The Bertz CT molecular complexity index is 1620. The monoisotopic (exact) mass is 453 g/mol. The molecule has 0 atom stereocenters. The molecule has 0 bridgehead atoms. The van der Waals surface area contributed by atoms with Gasteiger partial charge in [-0.1, -0.05) is 12.1 Å². The molecule has 33 heavy (non-hydrogen) atoms. The van der Waals surface area contributed by atoms with Crippen LogP contribution in [-0.4, -0.2) is 34.3 Å². The van der Waals surface area contributed by atoms with Gasteiger partial charge in [-0.05, 0) is 60.7 Å². The van der Waals surface area contributed by atoms with Gasteiger partial charge in [0.15, 0.2) is 5.69 Å². The summed E-state index contributed by atoms with van der Waals surface area (Å²) in [7, 11) is 0. The van der Waals surface area contributed by atoms with Gasteiger partial charge in [0.2, 0.25) is 0 Å². The minimum absolute atomic E-state index is 0.225. The number of hydrogen-bond acceptors (Lipinski definition) is 6. The Kier molecular flexibility index (Phi) is 4.44. The summed E-state index contributed by atoms with van der Waals surface area (Å²) in [6.45, 7) is 4.42. The van der Waals surface area contributed by atoms with E-state index in [9.17, 15) is 4.79 Å². The molecule has 0 amide bonds. The maximum atomic E-state index is 13.3. The molecule has 0 saturated carbocycles. The predicted octanol–water partition coefficient (Wildman–Crippen LogP) is 3.99. The van der Waals surface area contributed by atoms with Crippen molar-refractivity contribution in [3.05, 3.63) is 93.6 Å². The Balaban J connectivity index is 1.46. The molecular formula is C24H19N7OS. The van der Waals surface area contributed by atoms with Gasteiger partial charge in [-0.25, -0.2) is 4.68 Å². The van der Waals surface area contributed by atoms with Crippen LogP contribution < -0.4 is 5.56 Å². The van der Waals surface area contributed by atoms with Crippen LogP contribution >= 0.6 is 11.3 Å². The van der Waals surface area contributed by atoms with Crippen molar-refractivity contribution in [2.24, 2.45) is 0 Å². The Morgan fingerprint density at radius 3 is 2.61 bits per heavy atom. The Labute approximate surface area is 192 Å². The van der Waals surface area contributed by atoms with E-state index in [-0.39, 0.29) is 5.56 Å². The predicted molar refractivity (Wildman–Crippen MR) is 128 cm³/mol. The fourth-order valence-electron chi connectivity index (χ4n) is 3.98. The van der Waals surface area contributed by atoms with Gasteiger partial charge in [0.1, 0.15) is 5.69 Å². The lowest BCUT2D eigenvalue weighted by molar-refractivity contribution is 0.700. The average molecular weight is 454 g/mol. The minimum Gasteiger partial charge on any atom is -0.265 e. The van der Waals surface area contributed by atoms with E-state index in [0.717, 1.165) is 38.4 Å². The van der Waals surface area contributed by atoms with Crippen molar-refractivity contribution in [3.63, 3.8) is 0 Å². The second-order valence-electron chi connectivity index (χ2n) is 7.86. The van der Waals surface area contributed by atoms with Crippen LogP contribution in [0.15, 0.2) is 71.2 Å². The van der Waals surface area contributed by atoms with Gasteiger partial charge in [-0.2, -0.15) is 20.0 Å². The lowest BCUT2D eigenvalue weighted by Crippen LogP contribution is -2.18. The zero-order chi connectivity index (χ0) is 22.5. The van der Waals surface area contributed by atoms with Crippen LogP contribution in [-0.2, 0) is 6.54 Å². The molecule has 9 heteroatoms. The maximum Gasteiger partial charge on any atom is 0.301 e. The maximum absolute atomic E-state index is 13.3. The molecule has 0 radical (unpaired) electrons. The number of aryl methyl sites for hydroxylation is 1. The fourth-order valence-corrected chi connectivity index (χ4v) is 4.86. The summed E-state index contributed by atoms with van der Waals surface area (Å²) in [6.07, 6.45) is 5.37. The van der Waals surface area contributed by atoms with Crippen molar-refractivity contribution >= 4 is 21.6 Å². The number of thiophene rings is 1. The van der Waals surface area contributed by atoms with Crippen LogP contribution in [0.4, 0.5) is 0 Å². The topological polar surface area (TPSA) is 83.4 Å². The fraction of sp³-hybridized carbons (Fsp3) is 0.125. The first-order valence-electron chi connectivity index (χ1n) is 10.5. The summed E-state index contributed by atoms with van der Waals surface area (Å²) in [6, 6.07) is 13.9. The number of pyridine rings is 1. The highest BCUT2D eigenvalue weighted by Crippen LogP contribution is 2.31. The van der Waals surface area contributed by atoms with Crippen molar-refractivity contribution in [1.82, 2.24) is 34.3 Å². The number of aromatic nitrogens is 7. The van der Waals surface area contributed by atoms with E-state index in [2.05, 4.69) is 27.3 Å². The van der Waals surface area contributed by atoms with Gasteiger partial charge in [-0.15, -0.1) is 11.3 Å². The van der Waals surface area contributed by atoms with Gasteiger partial charge in [0, 0.05) is 24.3 Å². The molecule has 3 aromatic heterocycles. The van der Waals surface area contributed by atoms with E-state index in [4.69, 9.17) is 5.10 Å². The highest BCUT2D eigenvalue weighted by atomic mass is 32.1. The van der Waals surface area contributed by atoms with Crippen molar-refractivity contribution in [3.8, 4) is 22.8 Å². The third kappa shape index (κ3) is 3.16. The Morgan fingerprint density at radius 1 is 0.970 bits per heavy atom. The normalized spacial score (nSPS) is 11.6. The molecule has 0 N–H and O–H groups in total. The summed E-state index contributed by atoms with van der Waals surface area (Å²) >= 11 is 1.57. The van der Waals surface area contributed by atoms with Gasteiger partial charge in [-0.3, -0.25) is 14.5 Å². The number of benzene rings is 1. The standard InChI is InChI=1S/C24H19N7OS/c1-15-16(2)25-11-8-19(15)31-24(32)22-21(28-31)23-20(9-13-33-23)30(27-22)14-17-4-6-18(7-5-17)29-12-3-10-26-29/h3-13H,14H2,1-2H3. The summed E-state index contributed by atoms with van der Waals surface area (Å²) in [5.74, 6) is 0. The molecule has 0 aliphatic carbocycles. The van der Waals surface area contributed by atoms with E-state index in [1.807, 2.05) is 65.1 Å². The quantitative estimate of drug-likeness (QED) is 0.403. The Morgan fingerprint density at radius 2 is 1.82 bits per heavy atom. The van der Waals surface area contributed by atoms with Crippen LogP contribution in [0.2, 0.25) is 0 Å². The third-order valence-electron chi connectivity index (χ3n) is 5.87. The molecule has 4 aromatic rings. The summed E-state index contributed by atoms with van der Waals surface area (Å²) in [5.41, 5.74) is 6.32. The highest BCUT2D eigenvalue weighted by molar-refractivity contribution is 7.17. The molecule has 8 nitrogen and oxygen atoms in total. The van der Waals surface area contributed by atoms with Gasteiger partial charge < -0.3 is 0 Å². The molecule has 0 fully saturated rings. The first-order valence-corrected chi connectivity index (χ1v) is 11.4. The van der Waals surface area contributed by atoms with E-state index in [1.54, 1.807) is 23.7 Å². The van der Waals surface area contributed by atoms with Crippen LogP contribution in [0.25, 0.3) is 33.0 Å². The van der Waals surface area contributed by atoms with Crippen LogP contribution in [0.3, 0.4) is 0 Å². The Hall–Kier alpha value is -4.11. The largest absolute Gasteiger partial charge is 0.301 e. The number of nitrogens with zero attached hydrogens (tertiary/aromatic N) is 7. The van der Waals surface area contributed by atoms with Crippen molar-refractivity contribution in [2.45, 2.75) is 20.4 Å². The van der Waals surface area contributed by atoms with Crippen LogP contribution in [0, 0.1) is 13.8 Å². The average Bonchev–Trinajstić information content (AvgIpc) is 3.58. The first-order chi connectivity index (χ1) is 16.1. The van der Waals surface area contributed by atoms with Gasteiger partial charge >= 0.3 is 5.56 Å². The van der Waals surface area contributed by atoms with Gasteiger partial charge in [0.25, 0.3) is 0 Å². The number of hydrogen-bond donors (Lipinski definition) is 0. The zero-order valence-corrected chi connectivity index (χ0v) is 18.8. The number of rotatable bonds is 4. The molecule has 0 saturated heterocycles. The zero-order valence-electron chi connectivity index (χ0n) is 18.0. The van der Waals surface area contributed by atoms with E-state index in [1.165, 1.54) is 4.68 Å². The lowest BCUT2D eigenvalue weighted by atomic mass is 10.2. The molecule has 2 aliphatic rings. The third-order valence-corrected chi connectivity index (χ3v) is 6.78. The van der Waals surface area contributed by atoms with E-state index in [0.29, 0.717) is 17.9 Å². The van der Waals surface area contributed by atoms with Crippen LogP contribution in [0.5, 0.6) is 0 Å². The highest BCUT2D eigenvalue weighted by Gasteiger charge is 2.24. The second-order valence-corrected chi connectivity index (χ2v) is 8.78. The van der Waals surface area contributed by atoms with Crippen molar-refractivity contribution in [1.29, 1.82) is 0 Å². The SMILES string of the molecule is Cc1nccc(-n2nc3c4sccc4n(Cc4ccc(-n5cccn5)cc4)nc-3c2=O)c1C. The number of fused-ring (bicyclic) bond motifs is 3. The summed E-state index contributed by atoms with van der Waals surface area (Å²) in [4.78, 5) is 17.6. The summed E-state index contributed by atoms with van der Waals surface area (Å²) in [5, 5.41) is 15.7. The molecule has 0 unspecified atom stereocenters. The smallest absolute Gasteiger partial charge is 0.265 e. The molecule has 6 rings (SSSR count). The van der Waals surface area contributed by atoms with Crippen LogP contribution in [0.1, 0.15) is 16.8 Å². The molecule has 2 aliphatic heterocycles. The summed E-state index contributed by atoms with van der Waals surface area (Å²) < 4.78 is 6.10. The van der Waals surface area contributed by atoms with Gasteiger partial charge in [0.05, 0.1) is 28.1 Å². The molecule has 5 heterocycles. The van der Waals surface area contributed by atoms with E-state index < -0.39 is 0 Å². The van der Waals surface area contributed by atoms with E-state index >= 15 is 0 Å². The minimum atomic E-state index is -0.225. The van der Waals surface area contributed by atoms with Crippen molar-refractivity contribution < 1.29 is 0 Å². The molecule has 0 spiro atoms. The second kappa shape index (κ2) is 7.49. The van der Waals surface area contributed by atoms with Crippen molar-refractivity contribution in [2.75, 3.05) is 0 Å². The molecule has 162 valence electrons. The molecule has 1 aromatic carbocycles.